The molecule has 0 aromatic heterocycles. The van der Waals surface area contributed by atoms with Crippen LogP contribution in [0.3, 0.4) is 0 Å². The number of ether oxygens (including phenoxy) is 4. The number of aliphatic carboxylic acids is 1. The molecule has 0 amide bonds. The van der Waals surface area contributed by atoms with Gasteiger partial charge < -0.3 is 65.5 Å². The zero-order valence-corrected chi connectivity index (χ0v) is 30.2. The second-order valence-corrected chi connectivity index (χ2v) is 14.5. The van der Waals surface area contributed by atoms with Crippen molar-refractivity contribution in [1.82, 2.24) is 0 Å². The first-order valence-corrected chi connectivity index (χ1v) is 18.1. The molecule has 14 atom stereocenters. The van der Waals surface area contributed by atoms with Crippen molar-refractivity contribution in [3.63, 3.8) is 0 Å². The summed E-state index contributed by atoms with van der Waals surface area (Å²) in [5.74, 6) is -5.65. The van der Waals surface area contributed by atoms with E-state index in [0.29, 0.717) is 6.42 Å². The third kappa shape index (κ3) is 13.4. The average Bonchev–Trinajstić information content (AvgIpc) is 3.05. The van der Waals surface area contributed by atoms with Gasteiger partial charge in [0.25, 0.3) is 0 Å². The van der Waals surface area contributed by atoms with Gasteiger partial charge in [0.15, 0.2) is 12.1 Å². The highest BCUT2D eigenvalue weighted by atomic mass is 16.7. The number of carboxylic acids is 1. The molecule has 2 fully saturated rings. The Bertz CT molecular complexity index is 1240. The lowest BCUT2D eigenvalue weighted by molar-refractivity contribution is -0.308. The molecule has 0 unspecified atom stereocenters. The van der Waals surface area contributed by atoms with Crippen molar-refractivity contribution < 1.29 is 69.4 Å². The number of hydrogen-bond donors (Lipinski definition) is 9. The first-order chi connectivity index (χ1) is 24.5. The third-order valence-corrected chi connectivity index (χ3v) is 9.73. The Morgan fingerprint density at radius 1 is 0.923 bits per heavy atom. The molecular weight excluding hydrogens is 682 g/mol. The number of cyclic esters (lactones) is 1. The van der Waals surface area contributed by atoms with Gasteiger partial charge in [-0.1, -0.05) is 62.5 Å². The number of carbonyl (C=O) groups excluding carboxylic acids is 1. The monoisotopic (exact) mass is 741 g/mol. The predicted molar refractivity (Wildman–Crippen MR) is 187 cm³/mol. The number of nitrogens with two attached hydrogens (primary N) is 1. The van der Waals surface area contributed by atoms with Crippen molar-refractivity contribution in [2.45, 2.75) is 158 Å². The van der Waals surface area contributed by atoms with Gasteiger partial charge in [-0.2, -0.15) is 0 Å². The molecule has 296 valence electrons. The van der Waals surface area contributed by atoms with Crippen LogP contribution >= 0.6 is 0 Å². The number of carbonyl (C=O) groups is 2. The van der Waals surface area contributed by atoms with Gasteiger partial charge in [0, 0.05) is 32.1 Å². The maximum absolute atomic E-state index is 12.6. The molecule has 52 heavy (non-hydrogen) atoms. The van der Waals surface area contributed by atoms with Crippen molar-refractivity contribution in [3.05, 3.63) is 48.6 Å². The van der Waals surface area contributed by atoms with Crippen molar-refractivity contribution in [3.8, 4) is 0 Å². The molecule has 0 spiro atoms. The lowest BCUT2D eigenvalue weighted by Crippen LogP contribution is -2.61. The Kier molecular flexibility index (Phi) is 17.5. The molecule has 2 saturated heterocycles. The topological polar surface area (TPSA) is 259 Å². The minimum atomic E-state index is -2.25. The van der Waals surface area contributed by atoms with Crippen LogP contribution in [0.15, 0.2) is 48.6 Å². The van der Waals surface area contributed by atoms with Crippen LogP contribution in [0.25, 0.3) is 0 Å². The summed E-state index contributed by atoms with van der Waals surface area (Å²) in [6.45, 7) is 5.45. The zero-order valence-electron chi connectivity index (χ0n) is 30.2. The van der Waals surface area contributed by atoms with Gasteiger partial charge in [-0.3, -0.25) is 9.59 Å². The fourth-order valence-corrected chi connectivity index (χ4v) is 6.67. The van der Waals surface area contributed by atoms with Gasteiger partial charge in [-0.05, 0) is 38.5 Å². The van der Waals surface area contributed by atoms with E-state index in [0.717, 1.165) is 12.8 Å². The Morgan fingerprint density at radius 2 is 1.60 bits per heavy atom. The van der Waals surface area contributed by atoms with Crippen LogP contribution in [0.5, 0.6) is 0 Å². The van der Waals surface area contributed by atoms with E-state index in [1.807, 2.05) is 32.1 Å². The molecule has 15 nitrogen and oxygen atoms in total. The highest BCUT2D eigenvalue weighted by molar-refractivity contribution is 5.71. The van der Waals surface area contributed by atoms with E-state index in [2.05, 4.69) is 0 Å². The molecule has 3 rings (SSSR count). The van der Waals surface area contributed by atoms with Crippen LogP contribution in [-0.2, 0) is 28.5 Å². The average molecular weight is 742 g/mol. The van der Waals surface area contributed by atoms with Crippen LogP contribution < -0.4 is 5.73 Å². The highest BCUT2D eigenvalue weighted by Crippen LogP contribution is 2.38. The smallest absolute Gasteiger partial charge is 0.311 e. The second kappa shape index (κ2) is 20.8. The van der Waals surface area contributed by atoms with Gasteiger partial charge >= 0.3 is 11.9 Å². The largest absolute Gasteiger partial charge is 0.481 e. The van der Waals surface area contributed by atoms with Crippen LogP contribution in [0.1, 0.15) is 78.6 Å². The number of aliphatic hydroxyl groups excluding tert-OH is 6. The van der Waals surface area contributed by atoms with Crippen molar-refractivity contribution >= 4 is 11.9 Å². The van der Waals surface area contributed by atoms with Gasteiger partial charge in [0.2, 0.25) is 0 Å². The van der Waals surface area contributed by atoms with Crippen LogP contribution in [0.2, 0.25) is 0 Å². The van der Waals surface area contributed by atoms with E-state index in [1.54, 1.807) is 37.3 Å². The fraction of sp³-hybridized carbons (Fsp3) is 0.730. The number of fused-ring (bicyclic) bond motifs is 2. The Balaban J connectivity index is 1.88. The molecule has 15 heteroatoms. The standard InChI is InChI=1S/C37H59NO14/c1-21(2)28-14-12-10-8-6-4-5-7-9-11-13-24(50-36-34(45)32(38)33(44)22(3)49-36)18-29-31(35(46)47)27(42)20-37(48,52-29)19-23(39)17-26(41)25(40)15-16-30(43)51-28/h4-9,11,13,21-29,31-34,36,39-42,44-45,48H,10,12,14-20,38H2,1-3H3,(H,46,47)/b5-4+,8-6+,9-7+,13-11+/t22-,23-,24+,25-,26+,27+,28+,29+,31-,32-,33-,34-,36+,37-/m1/s1. The lowest BCUT2D eigenvalue weighted by Gasteiger charge is -2.45. The van der Waals surface area contributed by atoms with E-state index >= 15 is 0 Å². The Labute approximate surface area is 305 Å². The SMILES string of the molecule is CC(C)[C@@H]1CCC/C=C/C=C/C=C/C=C/[C@H](O[C@@H]2O[C@H](C)[C@@H](O)[C@@H](N)[C@H]2O)C[C@@H]2O[C@](O)(C[C@H](O)C[C@H](O)[C@H](O)CCC(=O)O1)C[C@H](O)[C@H]2C(=O)O. The van der Waals surface area contributed by atoms with Gasteiger partial charge in [-0.15, -0.1) is 0 Å². The summed E-state index contributed by atoms with van der Waals surface area (Å²) in [6, 6.07) is -1.11. The summed E-state index contributed by atoms with van der Waals surface area (Å²) in [5, 5.41) is 85.4. The quantitative estimate of drug-likeness (QED) is 0.180. The molecule has 0 saturated carbocycles. The van der Waals surface area contributed by atoms with E-state index in [-0.39, 0.29) is 31.3 Å². The van der Waals surface area contributed by atoms with E-state index in [1.165, 1.54) is 0 Å². The van der Waals surface area contributed by atoms with Crippen molar-refractivity contribution in [2.75, 3.05) is 0 Å². The minimum absolute atomic E-state index is 0.0690. The maximum atomic E-state index is 12.6. The number of allylic oxidation sites excluding steroid dienone is 7. The lowest BCUT2D eigenvalue weighted by atomic mass is 9.82. The third-order valence-electron chi connectivity index (χ3n) is 9.73. The summed E-state index contributed by atoms with van der Waals surface area (Å²) in [7, 11) is 0. The normalized spacial score (nSPS) is 43.5. The summed E-state index contributed by atoms with van der Waals surface area (Å²) in [4.78, 5) is 24.9. The van der Waals surface area contributed by atoms with Gasteiger partial charge in [0.05, 0.1) is 54.9 Å². The number of hydrogen-bond acceptors (Lipinski definition) is 14. The first-order valence-electron chi connectivity index (χ1n) is 18.1. The Morgan fingerprint density at radius 3 is 2.27 bits per heavy atom. The molecule has 0 aromatic carbocycles. The van der Waals surface area contributed by atoms with Crippen molar-refractivity contribution in [1.29, 1.82) is 0 Å². The minimum Gasteiger partial charge on any atom is -0.481 e. The molecule has 0 radical (unpaired) electrons. The number of aliphatic hydroxyl groups is 7. The van der Waals surface area contributed by atoms with Gasteiger partial charge in [-0.25, -0.2) is 0 Å². The molecule has 3 aliphatic rings. The molecule has 2 bridgehead atoms. The molecule has 0 aliphatic carbocycles. The van der Waals surface area contributed by atoms with Crippen LogP contribution in [0, 0.1) is 11.8 Å². The summed E-state index contributed by atoms with van der Waals surface area (Å²) in [5.41, 5.74) is 5.99. The van der Waals surface area contributed by atoms with E-state index < -0.39 is 110 Å². The van der Waals surface area contributed by atoms with E-state index in [4.69, 9.17) is 24.7 Å². The van der Waals surface area contributed by atoms with Crippen LogP contribution in [-0.4, -0.2) is 132 Å². The maximum Gasteiger partial charge on any atom is 0.311 e. The predicted octanol–water partition coefficient (Wildman–Crippen LogP) is 0.714. The van der Waals surface area contributed by atoms with Gasteiger partial charge in [0.1, 0.15) is 18.1 Å². The first kappa shape index (κ1) is 43.9. The summed E-state index contributed by atoms with van der Waals surface area (Å²) < 4.78 is 23.2. The fourth-order valence-electron chi connectivity index (χ4n) is 6.67. The van der Waals surface area contributed by atoms with Crippen LogP contribution in [0.4, 0.5) is 0 Å². The second-order valence-electron chi connectivity index (χ2n) is 14.5. The molecule has 3 heterocycles. The molecular formula is C37H59NO14. The summed E-state index contributed by atoms with van der Waals surface area (Å²) >= 11 is 0. The number of esters is 1. The molecule has 0 aromatic rings. The van der Waals surface area contributed by atoms with E-state index in [9.17, 15) is 50.4 Å². The highest BCUT2D eigenvalue weighted by Gasteiger charge is 2.51. The Hall–Kier alpha value is -2.54. The molecule has 10 N–H and O–H groups in total. The molecule has 3 aliphatic heterocycles. The van der Waals surface area contributed by atoms with Crippen molar-refractivity contribution in [2.24, 2.45) is 17.6 Å². The zero-order chi connectivity index (χ0) is 38.6. The summed E-state index contributed by atoms with van der Waals surface area (Å²) in [6.07, 6.45) is 0.558. The number of rotatable bonds is 4. The number of carboxylic acid groups (broad SMARTS) is 1.